The molecule has 0 aromatic heterocycles. The first-order valence-electron chi connectivity index (χ1n) is 8.99. The van der Waals surface area contributed by atoms with Crippen molar-refractivity contribution in [2.75, 3.05) is 16.8 Å². The highest BCUT2D eigenvalue weighted by Gasteiger charge is 2.43. The lowest BCUT2D eigenvalue weighted by Crippen LogP contribution is -2.58. The molecule has 8 heteroatoms. The number of hydrogen-bond donors (Lipinski definition) is 2. The van der Waals surface area contributed by atoms with Gasteiger partial charge in [0.25, 0.3) is 5.91 Å². The third-order valence-electron chi connectivity index (χ3n) is 5.40. The van der Waals surface area contributed by atoms with Crippen LogP contribution in [0.15, 0.2) is 28.2 Å². The lowest BCUT2D eigenvalue weighted by atomic mass is 9.87. The molecule has 0 radical (unpaired) electrons. The molecular weight excluding hydrogens is 332 g/mol. The lowest BCUT2D eigenvalue weighted by Gasteiger charge is -2.46. The Hall–Kier alpha value is -2.77. The largest absolute Gasteiger partial charge is 0.479 e. The van der Waals surface area contributed by atoms with Gasteiger partial charge in [-0.15, -0.1) is 0 Å². The molecule has 4 rings (SSSR count). The number of guanidine groups is 2. The van der Waals surface area contributed by atoms with Crippen molar-refractivity contribution >= 4 is 29.2 Å². The number of likely N-dealkylation sites (N-methyl/N-ethyl adjacent to an activating group) is 1. The van der Waals surface area contributed by atoms with Gasteiger partial charge in [-0.2, -0.15) is 4.99 Å². The van der Waals surface area contributed by atoms with Crippen molar-refractivity contribution in [2.45, 2.75) is 50.8 Å². The maximum absolute atomic E-state index is 12.3. The van der Waals surface area contributed by atoms with Gasteiger partial charge in [0.1, 0.15) is 11.4 Å². The van der Waals surface area contributed by atoms with Crippen molar-refractivity contribution < 1.29 is 9.53 Å². The number of anilines is 2. The molecule has 2 heterocycles. The number of aliphatic imine (C=N–C) groups is 2. The molecule has 1 aromatic carbocycles. The molecule has 8 nitrogen and oxygen atoms in total. The van der Waals surface area contributed by atoms with Crippen LogP contribution in [-0.2, 0) is 4.79 Å². The van der Waals surface area contributed by atoms with Crippen molar-refractivity contribution in [2.24, 2.45) is 21.5 Å². The first-order chi connectivity index (χ1) is 12.4. The first-order valence-corrected chi connectivity index (χ1v) is 8.99. The van der Waals surface area contributed by atoms with Crippen molar-refractivity contribution in [1.29, 1.82) is 0 Å². The van der Waals surface area contributed by atoms with Crippen molar-refractivity contribution in [3.8, 4) is 5.75 Å². The van der Waals surface area contributed by atoms with Crippen LogP contribution in [0, 0.1) is 0 Å². The topological polar surface area (TPSA) is 110 Å². The van der Waals surface area contributed by atoms with E-state index in [1.54, 1.807) is 18.9 Å². The van der Waals surface area contributed by atoms with Crippen LogP contribution in [0.4, 0.5) is 11.4 Å². The summed E-state index contributed by atoms with van der Waals surface area (Å²) in [6.45, 7) is 1.75. The van der Waals surface area contributed by atoms with E-state index in [9.17, 15) is 4.79 Å². The van der Waals surface area contributed by atoms with Gasteiger partial charge in [-0.3, -0.25) is 9.69 Å². The molecule has 26 heavy (non-hydrogen) atoms. The van der Waals surface area contributed by atoms with Crippen LogP contribution in [0.2, 0.25) is 0 Å². The zero-order valence-electron chi connectivity index (χ0n) is 15.1. The fourth-order valence-corrected chi connectivity index (χ4v) is 4.13. The molecule has 4 N–H and O–H groups in total. The standard InChI is InChI=1S/C18H24N6O2/c1-11-15(25)23(2)13-10-12(6-7-14(13)26-11)24-17(20)21-16(19)22-18(24)8-4-3-5-9-18/h6-7,10-11H,3-5,8-9H2,1-2H3,(H4,19,20,21,22). The molecule has 1 atom stereocenters. The van der Waals surface area contributed by atoms with Gasteiger partial charge in [-0.25, -0.2) is 4.99 Å². The summed E-state index contributed by atoms with van der Waals surface area (Å²) < 4.78 is 5.72. The molecule has 1 fully saturated rings. The summed E-state index contributed by atoms with van der Waals surface area (Å²) in [4.78, 5) is 24.7. The minimum Gasteiger partial charge on any atom is -0.479 e. The number of carbonyl (C=O) groups is 1. The third kappa shape index (κ3) is 2.48. The van der Waals surface area contributed by atoms with Crippen LogP contribution >= 0.6 is 0 Å². The summed E-state index contributed by atoms with van der Waals surface area (Å²) in [5.74, 6) is 1.16. The zero-order valence-corrected chi connectivity index (χ0v) is 15.1. The number of nitrogens with two attached hydrogens (primary N) is 2. The molecule has 1 unspecified atom stereocenters. The summed E-state index contributed by atoms with van der Waals surface area (Å²) in [5.41, 5.74) is 13.2. The van der Waals surface area contributed by atoms with Gasteiger partial charge in [0.15, 0.2) is 6.10 Å². The first kappa shape index (κ1) is 16.7. The van der Waals surface area contributed by atoms with Crippen LogP contribution in [0.5, 0.6) is 5.75 Å². The van der Waals surface area contributed by atoms with Crippen LogP contribution < -0.4 is 26.0 Å². The van der Waals surface area contributed by atoms with E-state index in [-0.39, 0.29) is 11.9 Å². The third-order valence-corrected chi connectivity index (χ3v) is 5.40. The number of ether oxygens (including phenoxy) is 1. The Morgan fingerprint density at radius 2 is 1.96 bits per heavy atom. The van der Waals surface area contributed by atoms with Crippen molar-refractivity contribution in [3.63, 3.8) is 0 Å². The average molecular weight is 356 g/mol. The fraction of sp³-hybridized carbons (Fsp3) is 0.500. The van der Waals surface area contributed by atoms with E-state index in [1.807, 2.05) is 23.1 Å². The predicted molar refractivity (Wildman–Crippen MR) is 101 cm³/mol. The number of nitrogens with zero attached hydrogens (tertiary/aromatic N) is 4. The Kier molecular flexibility index (Phi) is 3.78. The number of fused-ring (bicyclic) bond motifs is 1. The van der Waals surface area contributed by atoms with Crippen LogP contribution in [0.1, 0.15) is 39.0 Å². The number of rotatable bonds is 1. The van der Waals surface area contributed by atoms with Gasteiger partial charge in [0, 0.05) is 12.7 Å². The fourth-order valence-electron chi connectivity index (χ4n) is 4.13. The van der Waals surface area contributed by atoms with Gasteiger partial charge in [-0.05, 0) is 50.8 Å². The summed E-state index contributed by atoms with van der Waals surface area (Å²) in [7, 11) is 1.75. The Balaban J connectivity index is 1.79. The monoisotopic (exact) mass is 356 g/mol. The SMILES string of the molecule is CC1Oc2ccc(N3C(N)=NC(N)=NC34CCCCC4)cc2N(C)C1=O. The minimum absolute atomic E-state index is 0.0791. The van der Waals surface area contributed by atoms with Crippen molar-refractivity contribution in [1.82, 2.24) is 0 Å². The van der Waals surface area contributed by atoms with Gasteiger partial charge in [-0.1, -0.05) is 6.42 Å². The normalized spacial score (nSPS) is 24.7. The van der Waals surface area contributed by atoms with E-state index in [0.29, 0.717) is 17.4 Å². The van der Waals surface area contributed by atoms with E-state index in [4.69, 9.17) is 16.2 Å². The van der Waals surface area contributed by atoms with Crippen molar-refractivity contribution in [3.05, 3.63) is 18.2 Å². The Morgan fingerprint density at radius 3 is 2.69 bits per heavy atom. The Morgan fingerprint density at radius 1 is 1.23 bits per heavy atom. The Bertz CT molecular complexity index is 812. The highest BCUT2D eigenvalue weighted by Crippen LogP contribution is 2.42. The number of amides is 1. The quantitative estimate of drug-likeness (QED) is 0.793. The van der Waals surface area contributed by atoms with Gasteiger partial charge >= 0.3 is 0 Å². The number of carbonyl (C=O) groups excluding carboxylic acids is 1. The zero-order chi connectivity index (χ0) is 18.5. The maximum Gasteiger partial charge on any atom is 0.267 e. The summed E-state index contributed by atoms with van der Waals surface area (Å²) in [5, 5.41) is 0. The van der Waals surface area contributed by atoms with E-state index in [2.05, 4.69) is 9.98 Å². The molecule has 1 amide bonds. The van der Waals surface area contributed by atoms with E-state index >= 15 is 0 Å². The second kappa shape index (κ2) is 5.89. The molecule has 2 aliphatic heterocycles. The summed E-state index contributed by atoms with van der Waals surface area (Å²) in [6, 6.07) is 5.72. The van der Waals surface area contributed by atoms with E-state index < -0.39 is 11.8 Å². The minimum atomic E-state index is -0.506. The average Bonchev–Trinajstić information content (AvgIpc) is 2.60. The van der Waals surface area contributed by atoms with Gasteiger partial charge < -0.3 is 21.1 Å². The van der Waals surface area contributed by atoms with Gasteiger partial charge in [0.05, 0.1) is 5.69 Å². The predicted octanol–water partition coefficient (Wildman–Crippen LogP) is 1.54. The molecule has 0 saturated heterocycles. The van der Waals surface area contributed by atoms with E-state index in [1.165, 1.54) is 6.42 Å². The summed E-state index contributed by atoms with van der Waals surface area (Å²) in [6.07, 6.45) is 4.53. The van der Waals surface area contributed by atoms with Crippen LogP contribution in [-0.4, -0.2) is 36.6 Å². The van der Waals surface area contributed by atoms with Gasteiger partial charge in [0.2, 0.25) is 11.9 Å². The molecule has 1 spiro atoms. The molecule has 138 valence electrons. The second-order valence-electron chi connectivity index (χ2n) is 7.13. The molecule has 1 aromatic rings. The second-order valence-corrected chi connectivity index (χ2v) is 7.13. The smallest absolute Gasteiger partial charge is 0.267 e. The maximum atomic E-state index is 12.3. The molecule has 0 bridgehead atoms. The van der Waals surface area contributed by atoms with Crippen LogP contribution in [0.25, 0.3) is 0 Å². The highest BCUT2D eigenvalue weighted by atomic mass is 16.5. The number of benzene rings is 1. The van der Waals surface area contributed by atoms with Crippen LogP contribution in [0.3, 0.4) is 0 Å². The molecule has 1 saturated carbocycles. The number of hydrogen-bond acceptors (Lipinski definition) is 7. The molecular formula is C18H24N6O2. The van der Waals surface area contributed by atoms with E-state index in [0.717, 1.165) is 31.4 Å². The Labute approximate surface area is 152 Å². The highest BCUT2D eigenvalue weighted by molar-refractivity contribution is 6.06. The molecule has 1 aliphatic carbocycles. The molecule has 3 aliphatic rings. The summed E-state index contributed by atoms with van der Waals surface area (Å²) >= 11 is 0. The lowest BCUT2D eigenvalue weighted by molar-refractivity contribution is -0.125.